The molecule has 1 N–H and O–H groups in total. The van der Waals surface area contributed by atoms with E-state index in [1.54, 1.807) is 6.07 Å². The summed E-state index contributed by atoms with van der Waals surface area (Å²) in [6, 6.07) is 3.20. The zero-order valence-electron chi connectivity index (χ0n) is 8.36. The van der Waals surface area contributed by atoms with E-state index in [1.165, 1.54) is 6.07 Å². The maximum absolute atomic E-state index is 13.5. The molecule has 0 saturated carbocycles. The predicted octanol–water partition coefficient (Wildman–Crippen LogP) is 2.74. The number of H-pyrrole nitrogens is 1. The third-order valence-electron chi connectivity index (χ3n) is 3.10. The molecule has 2 aromatic rings. The van der Waals surface area contributed by atoms with Crippen LogP contribution in [0.2, 0.25) is 0 Å². The number of aromatic nitrogens is 1. The topological polar surface area (TPSA) is 32.9 Å². The number of carbonyl (C=O) groups is 1. The Morgan fingerprint density at radius 3 is 2.93 bits per heavy atom. The molecule has 15 heavy (non-hydrogen) atoms. The van der Waals surface area contributed by atoms with Crippen molar-refractivity contribution >= 4 is 16.7 Å². The zero-order chi connectivity index (χ0) is 10.6. The highest BCUT2D eigenvalue weighted by molar-refractivity contribution is 6.06. The van der Waals surface area contributed by atoms with E-state index in [4.69, 9.17) is 0 Å². The standard InChI is InChI=1S/C12H10FNO/c1-6-2-4-8(13)12-10(6)7-3-5-9(15)11(7)14-12/h2,4,14H,3,5H2,1H3. The molecule has 0 aliphatic heterocycles. The second-order valence-electron chi connectivity index (χ2n) is 4.02. The van der Waals surface area contributed by atoms with Gasteiger partial charge in [0.2, 0.25) is 0 Å². The SMILES string of the molecule is Cc1ccc(F)c2[nH]c3c(c12)CCC3=O. The number of fused-ring (bicyclic) bond motifs is 3. The number of Topliss-reactive ketones (excluding diaryl/α,β-unsaturated/α-hetero) is 1. The summed E-state index contributed by atoms with van der Waals surface area (Å²) in [4.78, 5) is 14.4. The third-order valence-corrected chi connectivity index (χ3v) is 3.10. The second-order valence-corrected chi connectivity index (χ2v) is 4.02. The van der Waals surface area contributed by atoms with Gasteiger partial charge in [-0.3, -0.25) is 4.79 Å². The molecule has 0 bridgehead atoms. The third kappa shape index (κ3) is 1.00. The molecule has 1 aromatic carbocycles. The normalized spacial score (nSPS) is 14.9. The second kappa shape index (κ2) is 2.69. The van der Waals surface area contributed by atoms with Gasteiger partial charge in [-0.1, -0.05) is 6.07 Å². The average molecular weight is 203 g/mol. The Labute approximate surface area is 86.1 Å². The van der Waals surface area contributed by atoms with Crippen LogP contribution in [-0.2, 0) is 6.42 Å². The van der Waals surface area contributed by atoms with Crippen molar-refractivity contribution in [3.05, 3.63) is 34.8 Å². The first-order chi connectivity index (χ1) is 7.18. The van der Waals surface area contributed by atoms with Crippen molar-refractivity contribution in [2.24, 2.45) is 0 Å². The lowest BCUT2D eigenvalue weighted by molar-refractivity contribution is 0.0991. The Balaban J connectivity index is 2.49. The highest BCUT2D eigenvalue weighted by Gasteiger charge is 2.25. The summed E-state index contributed by atoms with van der Waals surface area (Å²) < 4.78 is 13.5. The summed E-state index contributed by atoms with van der Waals surface area (Å²) in [6.45, 7) is 1.94. The van der Waals surface area contributed by atoms with Crippen LogP contribution in [0.3, 0.4) is 0 Å². The minimum atomic E-state index is -0.280. The largest absolute Gasteiger partial charge is 0.349 e. The van der Waals surface area contributed by atoms with Crippen LogP contribution in [0.4, 0.5) is 4.39 Å². The van der Waals surface area contributed by atoms with Crippen LogP contribution in [0.1, 0.15) is 28.0 Å². The van der Waals surface area contributed by atoms with Gasteiger partial charge in [-0.05, 0) is 30.5 Å². The lowest BCUT2D eigenvalue weighted by atomic mass is 10.1. The van der Waals surface area contributed by atoms with Gasteiger partial charge >= 0.3 is 0 Å². The molecule has 1 heterocycles. The summed E-state index contributed by atoms with van der Waals surface area (Å²) in [5.41, 5.74) is 3.11. The Morgan fingerprint density at radius 2 is 2.13 bits per heavy atom. The van der Waals surface area contributed by atoms with Crippen molar-refractivity contribution in [3.63, 3.8) is 0 Å². The highest BCUT2D eigenvalue weighted by Crippen LogP contribution is 2.33. The lowest BCUT2D eigenvalue weighted by Gasteiger charge is -1.99. The van der Waals surface area contributed by atoms with Gasteiger partial charge in [0.1, 0.15) is 5.82 Å². The van der Waals surface area contributed by atoms with E-state index in [9.17, 15) is 9.18 Å². The average Bonchev–Trinajstić information content (AvgIpc) is 2.74. The van der Waals surface area contributed by atoms with Crippen LogP contribution in [0, 0.1) is 12.7 Å². The minimum absolute atomic E-state index is 0.0972. The molecule has 76 valence electrons. The lowest BCUT2D eigenvalue weighted by Crippen LogP contribution is -1.91. The van der Waals surface area contributed by atoms with E-state index >= 15 is 0 Å². The van der Waals surface area contributed by atoms with Crippen molar-refractivity contribution in [1.82, 2.24) is 4.98 Å². The summed E-state index contributed by atoms with van der Waals surface area (Å²) in [6.07, 6.45) is 1.28. The number of ketones is 1. The fraction of sp³-hybridized carbons (Fsp3) is 0.250. The van der Waals surface area contributed by atoms with Gasteiger partial charge in [-0.15, -0.1) is 0 Å². The first-order valence-corrected chi connectivity index (χ1v) is 5.01. The molecular weight excluding hydrogens is 193 g/mol. The fourth-order valence-electron chi connectivity index (χ4n) is 2.37. The van der Waals surface area contributed by atoms with Crippen molar-refractivity contribution in [2.45, 2.75) is 19.8 Å². The fourth-order valence-corrected chi connectivity index (χ4v) is 2.37. The van der Waals surface area contributed by atoms with Gasteiger partial charge in [0.15, 0.2) is 5.78 Å². The Kier molecular flexibility index (Phi) is 1.55. The van der Waals surface area contributed by atoms with Crippen molar-refractivity contribution in [3.8, 4) is 0 Å². The number of aromatic amines is 1. The summed E-state index contributed by atoms with van der Waals surface area (Å²) >= 11 is 0. The van der Waals surface area contributed by atoms with E-state index in [0.29, 0.717) is 17.6 Å². The molecule has 1 aliphatic carbocycles. The molecule has 0 atom stereocenters. The van der Waals surface area contributed by atoms with Gasteiger partial charge < -0.3 is 4.98 Å². The van der Waals surface area contributed by atoms with Gasteiger partial charge in [0.25, 0.3) is 0 Å². The molecule has 0 fully saturated rings. The summed E-state index contributed by atoms with van der Waals surface area (Å²) in [5.74, 6) is -0.183. The number of hydrogen-bond acceptors (Lipinski definition) is 1. The number of carbonyl (C=O) groups excluding carboxylic acids is 1. The molecule has 3 heteroatoms. The van der Waals surface area contributed by atoms with Crippen LogP contribution in [0.5, 0.6) is 0 Å². The Hall–Kier alpha value is -1.64. The van der Waals surface area contributed by atoms with Gasteiger partial charge in [-0.2, -0.15) is 0 Å². The van der Waals surface area contributed by atoms with Crippen molar-refractivity contribution in [2.75, 3.05) is 0 Å². The Bertz CT molecular complexity index is 583. The van der Waals surface area contributed by atoms with Crippen LogP contribution in [0.15, 0.2) is 12.1 Å². The molecule has 0 radical (unpaired) electrons. The monoisotopic (exact) mass is 203 g/mol. The number of benzene rings is 1. The van der Waals surface area contributed by atoms with Crippen LogP contribution >= 0.6 is 0 Å². The quantitative estimate of drug-likeness (QED) is 0.701. The van der Waals surface area contributed by atoms with Crippen LogP contribution < -0.4 is 0 Å². The Morgan fingerprint density at radius 1 is 1.33 bits per heavy atom. The molecule has 3 rings (SSSR count). The number of aryl methyl sites for hydroxylation is 2. The van der Waals surface area contributed by atoms with E-state index < -0.39 is 0 Å². The molecule has 0 unspecified atom stereocenters. The van der Waals surface area contributed by atoms with Crippen LogP contribution in [0.25, 0.3) is 10.9 Å². The minimum Gasteiger partial charge on any atom is -0.349 e. The summed E-state index contributed by atoms with van der Waals surface area (Å²) in [5, 5.41) is 0.899. The molecule has 0 saturated heterocycles. The van der Waals surface area contributed by atoms with E-state index in [0.717, 1.165) is 22.9 Å². The van der Waals surface area contributed by atoms with Crippen molar-refractivity contribution < 1.29 is 9.18 Å². The summed E-state index contributed by atoms with van der Waals surface area (Å²) in [7, 11) is 0. The van der Waals surface area contributed by atoms with Gasteiger partial charge in [-0.25, -0.2) is 4.39 Å². The van der Waals surface area contributed by atoms with E-state index in [-0.39, 0.29) is 11.6 Å². The first-order valence-electron chi connectivity index (χ1n) is 5.01. The van der Waals surface area contributed by atoms with Crippen molar-refractivity contribution in [1.29, 1.82) is 0 Å². The number of rotatable bonds is 0. The molecular formula is C12H10FNO. The van der Waals surface area contributed by atoms with Crippen LogP contribution in [-0.4, -0.2) is 10.8 Å². The molecule has 1 aliphatic rings. The molecule has 0 amide bonds. The number of hydrogen-bond donors (Lipinski definition) is 1. The van der Waals surface area contributed by atoms with E-state index in [2.05, 4.69) is 4.98 Å². The maximum Gasteiger partial charge on any atom is 0.179 e. The molecule has 0 spiro atoms. The van der Waals surface area contributed by atoms with Gasteiger partial charge in [0.05, 0.1) is 11.2 Å². The zero-order valence-corrected chi connectivity index (χ0v) is 8.36. The number of nitrogens with one attached hydrogen (secondary N) is 1. The smallest absolute Gasteiger partial charge is 0.179 e. The number of halogens is 1. The molecule has 1 aromatic heterocycles. The maximum atomic E-state index is 13.5. The first kappa shape index (κ1) is 8.65. The predicted molar refractivity (Wildman–Crippen MR) is 55.6 cm³/mol. The highest BCUT2D eigenvalue weighted by atomic mass is 19.1. The molecule has 2 nitrogen and oxygen atoms in total. The van der Waals surface area contributed by atoms with Gasteiger partial charge in [0, 0.05) is 11.8 Å². The van der Waals surface area contributed by atoms with E-state index in [1.807, 2.05) is 6.92 Å².